The first-order valence-corrected chi connectivity index (χ1v) is 6.44. The van der Waals surface area contributed by atoms with Crippen LogP contribution in [0.25, 0.3) is 0 Å². The Morgan fingerprint density at radius 1 is 1.42 bits per heavy atom. The Morgan fingerprint density at radius 2 is 2.21 bits per heavy atom. The van der Waals surface area contributed by atoms with E-state index in [1.54, 1.807) is 13.2 Å². The van der Waals surface area contributed by atoms with E-state index in [1.807, 2.05) is 25.1 Å². The van der Waals surface area contributed by atoms with Crippen molar-refractivity contribution in [2.24, 2.45) is 11.7 Å². The number of hydrogen-bond acceptors (Lipinski definition) is 4. The number of methoxy groups -OCH3 is 1. The number of carbonyl (C=O) groups excluding carboxylic acids is 1. The lowest BCUT2D eigenvalue weighted by Crippen LogP contribution is -2.28. The third-order valence-electron chi connectivity index (χ3n) is 2.81. The number of ether oxygens (including phenoxy) is 2. The first kappa shape index (κ1) is 15.5. The maximum absolute atomic E-state index is 11.9. The molecule has 0 aliphatic heterocycles. The zero-order valence-electron chi connectivity index (χ0n) is 11.5. The molecule has 1 atom stereocenters. The molecule has 0 aromatic heterocycles. The molecule has 19 heavy (non-hydrogen) atoms. The second-order valence-electron chi connectivity index (χ2n) is 4.20. The van der Waals surface area contributed by atoms with E-state index in [9.17, 15) is 4.79 Å². The Labute approximate surface area is 114 Å². The Hall–Kier alpha value is -1.59. The van der Waals surface area contributed by atoms with E-state index in [2.05, 4.69) is 5.32 Å². The Balaban J connectivity index is 2.58. The Bertz CT molecular complexity index is 392. The topological polar surface area (TPSA) is 73.6 Å². The molecule has 1 aromatic carbocycles. The number of amides is 1. The van der Waals surface area contributed by atoms with Crippen molar-refractivity contribution in [3.8, 4) is 5.75 Å². The van der Waals surface area contributed by atoms with Crippen LogP contribution in [0.3, 0.4) is 0 Å². The van der Waals surface area contributed by atoms with Crippen LogP contribution < -0.4 is 15.8 Å². The quantitative estimate of drug-likeness (QED) is 0.701. The van der Waals surface area contributed by atoms with Crippen molar-refractivity contribution in [2.45, 2.75) is 13.3 Å². The summed E-state index contributed by atoms with van der Waals surface area (Å²) in [6.07, 6.45) is 0.729. The third-order valence-corrected chi connectivity index (χ3v) is 2.81. The summed E-state index contributed by atoms with van der Waals surface area (Å²) in [6.45, 7) is 3.31. The molecule has 0 fully saturated rings. The largest absolute Gasteiger partial charge is 0.491 e. The molecule has 3 N–H and O–H groups in total. The van der Waals surface area contributed by atoms with Gasteiger partial charge in [0.25, 0.3) is 0 Å². The van der Waals surface area contributed by atoms with Gasteiger partial charge in [0.15, 0.2) is 0 Å². The molecule has 0 heterocycles. The number of anilines is 1. The van der Waals surface area contributed by atoms with Crippen LogP contribution in [0.15, 0.2) is 24.3 Å². The molecular formula is C14H22N2O3. The molecule has 0 saturated heterocycles. The fourth-order valence-corrected chi connectivity index (χ4v) is 1.61. The van der Waals surface area contributed by atoms with Crippen LogP contribution in [0.4, 0.5) is 5.69 Å². The minimum atomic E-state index is -0.155. The molecule has 1 unspecified atom stereocenters. The van der Waals surface area contributed by atoms with Gasteiger partial charge in [0.1, 0.15) is 12.4 Å². The van der Waals surface area contributed by atoms with Gasteiger partial charge >= 0.3 is 0 Å². The van der Waals surface area contributed by atoms with Crippen molar-refractivity contribution < 1.29 is 14.3 Å². The predicted molar refractivity (Wildman–Crippen MR) is 75.3 cm³/mol. The molecule has 5 nitrogen and oxygen atoms in total. The maximum atomic E-state index is 11.9. The first-order chi connectivity index (χ1) is 9.21. The van der Waals surface area contributed by atoms with Gasteiger partial charge in [-0.25, -0.2) is 0 Å². The molecule has 1 amide bonds. The monoisotopic (exact) mass is 266 g/mol. The fourth-order valence-electron chi connectivity index (χ4n) is 1.61. The van der Waals surface area contributed by atoms with Crippen LogP contribution in [-0.4, -0.2) is 32.8 Å². The lowest BCUT2D eigenvalue weighted by Gasteiger charge is -2.13. The van der Waals surface area contributed by atoms with Crippen LogP contribution in [0, 0.1) is 5.92 Å². The van der Waals surface area contributed by atoms with Crippen LogP contribution in [0.1, 0.15) is 13.3 Å². The van der Waals surface area contributed by atoms with Crippen LogP contribution in [0.2, 0.25) is 0 Å². The molecule has 0 spiro atoms. The highest BCUT2D eigenvalue weighted by Crippen LogP contribution is 2.18. The second kappa shape index (κ2) is 8.50. The van der Waals surface area contributed by atoms with Crippen LogP contribution in [0.5, 0.6) is 5.75 Å². The molecular weight excluding hydrogens is 244 g/mol. The van der Waals surface area contributed by atoms with Crippen molar-refractivity contribution in [1.82, 2.24) is 0 Å². The fraction of sp³-hybridized carbons (Fsp3) is 0.500. The van der Waals surface area contributed by atoms with E-state index in [0.29, 0.717) is 31.2 Å². The molecule has 0 aliphatic rings. The van der Waals surface area contributed by atoms with Gasteiger partial charge in [-0.2, -0.15) is 0 Å². The highest BCUT2D eigenvalue weighted by Gasteiger charge is 2.14. The van der Waals surface area contributed by atoms with Crippen molar-refractivity contribution >= 4 is 11.6 Å². The molecule has 5 heteroatoms. The van der Waals surface area contributed by atoms with Gasteiger partial charge in [0.2, 0.25) is 5.91 Å². The van der Waals surface area contributed by atoms with Crippen molar-refractivity contribution in [2.75, 3.05) is 32.2 Å². The molecule has 106 valence electrons. The van der Waals surface area contributed by atoms with Gasteiger partial charge in [-0.3, -0.25) is 4.79 Å². The molecule has 0 saturated carbocycles. The van der Waals surface area contributed by atoms with Gasteiger partial charge < -0.3 is 20.5 Å². The van der Waals surface area contributed by atoms with Gasteiger partial charge in [-0.15, -0.1) is 0 Å². The van der Waals surface area contributed by atoms with Gasteiger partial charge in [-0.05, 0) is 18.6 Å². The normalized spacial score (nSPS) is 11.9. The van der Waals surface area contributed by atoms with E-state index in [4.69, 9.17) is 15.2 Å². The smallest absolute Gasteiger partial charge is 0.228 e. The average molecular weight is 266 g/mol. The van der Waals surface area contributed by atoms with Crippen LogP contribution in [-0.2, 0) is 9.53 Å². The van der Waals surface area contributed by atoms with Crippen molar-refractivity contribution in [3.05, 3.63) is 24.3 Å². The van der Waals surface area contributed by atoms with E-state index in [0.717, 1.165) is 6.42 Å². The summed E-state index contributed by atoms with van der Waals surface area (Å²) in [5, 5.41) is 2.84. The zero-order valence-corrected chi connectivity index (χ0v) is 11.5. The highest BCUT2D eigenvalue weighted by molar-refractivity contribution is 5.92. The molecule has 1 aromatic rings. The molecule has 1 rings (SSSR count). The van der Waals surface area contributed by atoms with E-state index < -0.39 is 0 Å². The Morgan fingerprint density at radius 3 is 2.84 bits per heavy atom. The number of nitrogens with one attached hydrogen (secondary N) is 1. The molecule has 0 bridgehead atoms. The SMILES string of the molecule is CCC(CN)C(=O)Nc1cccc(OCCOC)c1. The summed E-state index contributed by atoms with van der Waals surface area (Å²) < 4.78 is 10.4. The standard InChI is InChI=1S/C14H22N2O3/c1-3-11(10-15)14(17)16-12-5-4-6-13(9-12)19-8-7-18-2/h4-6,9,11H,3,7-8,10,15H2,1-2H3,(H,16,17). The summed E-state index contributed by atoms with van der Waals surface area (Å²) >= 11 is 0. The Kier molecular flexibility index (Phi) is 6.92. The van der Waals surface area contributed by atoms with Crippen molar-refractivity contribution in [3.63, 3.8) is 0 Å². The van der Waals surface area contributed by atoms with E-state index >= 15 is 0 Å². The number of nitrogens with two attached hydrogens (primary N) is 1. The van der Waals surface area contributed by atoms with Crippen LogP contribution >= 0.6 is 0 Å². The lowest BCUT2D eigenvalue weighted by atomic mass is 10.1. The van der Waals surface area contributed by atoms with Gasteiger partial charge in [0.05, 0.1) is 12.5 Å². The number of rotatable bonds is 8. The van der Waals surface area contributed by atoms with Gasteiger partial charge in [0, 0.05) is 25.4 Å². The minimum absolute atomic E-state index is 0.0564. The second-order valence-corrected chi connectivity index (χ2v) is 4.20. The zero-order chi connectivity index (χ0) is 14.1. The summed E-state index contributed by atoms with van der Waals surface area (Å²) in [4.78, 5) is 11.9. The summed E-state index contributed by atoms with van der Waals surface area (Å²) in [5.74, 6) is 0.493. The minimum Gasteiger partial charge on any atom is -0.491 e. The summed E-state index contributed by atoms with van der Waals surface area (Å²) in [6, 6.07) is 7.29. The average Bonchev–Trinajstić information content (AvgIpc) is 2.41. The van der Waals surface area contributed by atoms with Gasteiger partial charge in [-0.1, -0.05) is 13.0 Å². The lowest BCUT2D eigenvalue weighted by molar-refractivity contribution is -0.119. The number of carbonyl (C=O) groups is 1. The van der Waals surface area contributed by atoms with E-state index in [-0.39, 0.29) is 11.8 Å². The molecule has 0 radical (unpaired) electrons. The highest BCUT2D eigenvalue weighted by atomic mass is 16.5. The summed E-state index contributed by atoms with van der Waals surface area (Å²) in [7, 11) is 1.62. The molecule has 0 aliphatic carbocycles. The maximum Gasteiger partial charge on any atom is 0.228 e. The summed E-state index contributed by atoms with van der Waals surface area (Å²) in [5.41, 5.74) is 6.26. The van der Waals surface area contributed by atoms with Crippen molar-refractivity contribution in [1.29, 1.82) is 0 Å². The third kappa shape index (κ3) is 5.28. The number of benzene rings is 1. The van der Waals surface area contributed by atoms with E-state index in [1.165, 1.54) is 0 Å². The number of hydrogen-bond donors (Lipinski definition) is 2. The predicted octanol–water partition coefficient (Wildman–Crippen LogP) is 1.64. The first-order valence-electron chi connectivity index (χ1n) is 6.44.